The molecule has 0 saturated heterocycles. The molecule has 0 radical (unpaired) electrons. The first-order valence-corrected chi connectivity index (χ1v) is 11.7. The Morgan fingerprint density at radius 3 is 2.43 bits per heavy atom. The highest BCUT2D eigenvalue weighted by Gasteiger charge is 2.25. The third-order valence-corrected chi connectivity index (χ3v) is 6.65. The van der Waals surface area contributed by atoms with E-state index in [1.807, 2.05) is 42.5 Å². The lowest BCUT2D eigenvalue weighted by molar-refractivity contribution is -0.119. The van der Waals surface area contributed by atoms with Gasteiger partial charge in [-0.1, -0.05) is 60.1 Å². The minimum Gasteiger partial charge on any atom is -0.308 e. The normalized spacial score (nSPS) is 13.8. The van der Waals surface area contributed by atoms with E-state index in [9.17, 15) is 13.2 Å². The molecule has 0 bridgehead atoms. The van der Waals surface area contributed by atoms with E-state index >= 15 is 0 Å². The van der Waals surface area contributed by atoms with Crippen molar-refractivity contribution in [3.8, 4) is 0 Å². The van der Waals surface area contributed by atoms with Crippen molar-refractivity contribution >= 4 is 38.9 Å². The second-order valence-electron chi connectivity index (χ2n) is 7.26. The van der Waals surface area contributed by atoms with E-state index < -0.39 is 10.0 Å². The number of amides is 1. The van der Waals surface area contributed by atoms with Crippen LogP contribution in [-0.2, 0) is 33.5 Å². The van der Waals surface area contributed by atoms with E-state index in [0.29, 0.717) is 35.7 Å². The van der Waals surface area contributed by atoms with Crippen LogP contribution in [0.5, 0.6) is 0 Å². The monoisotopic (exact) mass is 440 g/mol. The van der Waals surface area contributed by atoms with Gasteiger partial charge >= 0.3 is 0 Å². The molecule has 0 fully saturated rings. The number of carbonyl (C=O) groups excluding carboxylic acids is 1. The van der Waals surface area contributed by atoms with Crippen molar-refractivity contribution in [3.05, 3.63) is 94.5 Å². The maximum atomic E-state index is 12.6. The van der Waals surface area contributed by atoms with Crippen molar-refractivity contribution in [1.29, 1.82) is 0 Å². The summed E-state index contributed by atoms with van der Waals surface area (Å²) in [4.78, 5) is 14.3. The van der Waals surface area contributed by atoms with Gasteiger partial charge in [-0.2, -0.15) is 0 Å². The molecule has 1 amide bonds. The fourth-order valence-corrected chi connectivity index (χ4v) is 5.10. The molecule has 0 spiro atoms. The summed E-state index contributed by atoms with van der Waals surface area (Å²) in [5, 5.41) is 0.420. The highest BCUT2D eigenvalue weighted by Crippen LogP contribution is 2.32. The molecule has 5 nitrogen and oxygen atoms in total. The van der Waals surface area contributed by atoms with Crippen molar-refractivity contribution in [1.82, 2.24) is 0 Å². The number of nitrogens with one attached hydrogen (secondary N) is 1. The number of benzene rings is 3. The Morgan fingerprint density at radius 2 is 1.67 bits per heavy atom. The number of halogens is 1. The lowest BCUT2D eigenvalue weighted by Crippen LogP contribution is -2.34. The summed E-state index contributed by atoms with van der Waals surface area (Å²) < 4.78 is 27.9. The minimum absolute atomic E-state index is 0.0680. The minimum atomic E-state index is -3.62. The highest BCUT2D eigenvalue weighted by molar-refractivity contribution is 7.91. The second kappa shape index (κ2) is 8.50. The summed E-state index contributed by atoms with van der Waals surface area (Å²) in [7, 11) is -3.62. The number of rotatable bonds is 6. The number of hydrogen-bond donors (Lipinski definition) is 1. The molecule has 0 unspecified atom stereocenters. The average Bonchev–Trinajstić information content (AvgIpc) is 2.72. The van der Waals surface area contributed by atoms with Crippen molar-refractivity contribution in [2.45, 2.75) is 25.1 Å². The third kappa shape index (κ3) is 4.66. The van der Waals surface area contributed by atoms with Crippen molar-refractivity contribution in [3.63, 3.8) is 0 Å². The number of fused-ring (bicyclic) bond motifs is 1. The summed E-state index contributed by atoms with van der Waals surface area (Å²) >= 11 is 6.09. The number of sulfonamides is 1. The number of nitrogens with zero attached hydrogens (tertiary/aromatic N) is 1. The SMILES string of the molecule is O=C1CCc2cc(NS(=O)(=O)Cc3ccccc3Cl)ccc2N1Cc1ccccc1. The molecule has 1 N–H and O–H groups in total. The molecule has 4 rings (SSSR count). The largest absolute Gasteiger partial charge is 0.308 e. The van der Waals surface area contributed by atoms with E-state index in [2.05, 4.69) is 4.72 Å². The van der Waals surface area contributed by atoms with Gasteiger partial charge in [0, 0.05) is 22.8 Å². The van der Waals surface area contributed by atoms with Gasteiger partial charge < -0.3 is 4.90 Å². The molecule has 3 aromatic carbocycles. The van der Waals surface area contributed by atoms with Crippen molar-refractivity contribution in [2.24, 2.45) is 0 Å². The van der Waals surface area contributed by atoms with Gasteiger partial charge in [0.15, 0.2) is 0 Å². The predicted molar refractivity (Wildman–Crippen MR) is 120 cm³/mol. The molecule has 1 aliphatic rings. The van der Waals surface area contributed by atoms with Crippen LogP contribution < -0.4 is 9.62 Å². The van der Waals surface area contributed by atoms with Crippen LogP contribution in [-0.4, -0.2) is 14.3 Å². The van der Waals surface area contributed by atoms with Crippen LogP contribution in [0.1, 0.15) is 23.1 Å². The van der Waals surface area contributed by atoms with Crippen LogP contribution in [0.4, 0.5) is 11.4 Å². The van der Waals surface area contributed by atoms with Gasteiger partial charge in [0.25, 0.3) is 0 Å². The molecule has 0 aromatic heterocycles. The van der Waals surface area contributed by atoms with E-state index in [1.54, 1.807) is 35.2 Å². The quantitative estimate of drug-likeness (QED) is 0.600. The zero-order valence-electron chi connectivity index (χ0n) is 16.2. The van der Waals surface area contributed by atoms with Crippen molar-refractivity contribution in [2.75, 3.05) is 9.62 Å². The molecule has 1 heterocycles. The van der Waals surface area contributed by atoms with E-state index in [1.165, 1.54) is 0 Å². The topological polar surface area (TPSA) is 66.5 Å². The Hall–Kier alpha value is -2.83. The van der Waals surface area contributed by atoms with E-state index in [0.717, 1.165) is 16.8 Å². The number of aryl methyl sites for hydroxylation is 1. The summed E-state index contributed by atoms with van der Waals surface area (Å²) in [6.45, 7) is 0.490. The Bertz CT molecular complexity index is 1180. The maximum absolute atomic E-state index is 12.6. The van der Waals surface area contributed by atoms with E-state index in [4.69, 9.17) is 11.6 Å². The summed E-state index contributed by atoms with van der Waals surface area (Å²) in [6.07, 6.45) is 0.981. The third-order valence-electron chi connectivity index (χ3n) is 5.04. The van der Waals surface area contributed by atoms with Gasteiger partial charge in [0.1, 0.15) is 0 Å². The van der Waals surface area contributed by atoms with Crippen LogP contribution in [0.3, 0.4) is 0 Å². The smallest absolute Gasteiger partial charge is 0.236 e. The van der Waals surface area contributed by atoms with Gasteiger partial charge in [0.2, 0.25) is 15.9 Å². The van der Waals surface area contributed by atoms with E-state index in [-0.39, 0.29) is 11.7 Å². The molecule has 7 heteroatoms. The Labute approximate surface area is 181 Å². The second-order valence-corrected chi connectivity index (χ2v) is 9.39. The molecule has 30 heavy (non-hydrogen) atoms. The van der Waals surface area contributed by atoms with Gasteiger partial charge in [-0.25, -0.2) is 8.42 Å². The van der Waals surface area contributed by atoms with Crippen LogP contribution >= 0.6 is 11.6 Å². The average molecular weight is 441 g/mol. The van der Waals surface area contributed by atoms with Crippen LogP contribution in [0.15, 0.2) is 72.8 Å². The summed E-state index contributed by atoms with van der Waals surface area (Å²) in [6, 6.07) is 22.0. The molecule has 154 valence electrons. The first-order chi connectivity index (χ1) is 14.4. The lowest BCUT2D eigenvalue weighted by Gasteiger charge is -2.30. The predicted octanol–water partition coefficient (Wildman–Crippen LogP) is 4.76. The summed E-state index contributed by atoms with van der Waals surface area (Å²) in [5.41, 5.74) is 3.84. The van der Waals surface area contributed by atoms with Crippen LogP contribution in [0, 0.1) is 0 Å². The number of hydrogen-bond acceptors (Lipinski definition) is 3. The van der Waals surface area contributed by atoms with Crippen LogP contribution in [0.2, 0.25) is 5.02 Å². The first-order valence-electron chi connectivity index (χ1n) is 9.62. The Kier molecular flexibility index (Phi) is 5.79. The molecule has 0 aliphatic carbocycles. The number of carbonyl (C=O) groups is 1. The van der Waals surface area contributed by atoms with Gasteiger partial charge in [-0.3, -0.25) is 9.52 Å². The fraction of sp³-hybridized carbons (Fsp3) is 0.174. The molecular formula is C23H21ClN2O3S. The Morgan fingerprint density at radius 1 is 0.933 bits per heavy atom. The molecule has 3 aromatic rings. The lowest BCUT2D eigenvalue weighted by atomic mass is 10.00. The standard InChI is InChI=1S/C23H21ClN2O3S/c24-21-9-5-4-8-19(21)16-30(28,29)25-20-11-12-22-18(14-20)10-13-23(27)26(22)15-17-6-2-1-3-7-17/h1-9,11-12,14,25H,10,13,15-16H2. The Balaban J connectivity index is 1.55. The molecule has 0 saturated carbocycles. The van der Waals surface area contributed by atoms with Crippen LogP contribution in [0.25, 0.3) is 0 Å². The molecule has 1 aliphatic heterocycles. The molecular weight excluding hydrogens is 420 g/mol. The van der Waals surface area contributed by atoms with Gasteiger partial charge in [0.05, 0.1) is 12.3 Å². The maximum Gasteiger partial charge on any atom is 0.236 e. The highest BCUT2D eigenvalue weighted by atomic mass is 35.5. The van der Waals surface area contributed by atoms with Gasteiger partial charge in [-0.05, 0) is 47.4 Å². The fourth-order valence-electron chi connectivity index (χ4n) is 3.60. The first kappa shape index (κ1) is 20.4. The van der Waals surface area contributed by atoms with Gasteiger partial charge in [-0.15, -0.1) is 0 Å². The molecule has 0 atom stereocenters. The zero-order chi connectivity index (χ0) is 21.1. The zero-order valence-corrected chi connectivity index (χ0v) is 17.8. The van der Waals surface area contributed by atoms with Crippen molar-refractivity contribution < 1.29 is 13.2 Å². The number of anilines is 2. The summed E-state index contributed by atoms with van der Waals surface area (Å²) in [5.74, 6) is -0.138.